The third kappa shape index (κ3) is 8.76. The summed E-state index contributed by atoms with van der Waals surface area (Å²) >= 11 is 1.27. The molecule has 5 aromatic rings. The molecule has 1 aliphatic heterocycles. The van der Waals surface area contributed by atoms with Crippen LogP contribution in [0, 0.1) is 23.1 Å². The van der Waals surface area contributed by atoms with E-state index in [1.807, 2.05) is 36.3 Å². The van der Waals surface area contributed by atoms with Crippen LogP contribution in [0.15, 0.2) is 53.7 Å². The van der Waals surface area contributed by atoms with Gasteiger partial charge in [0.2, 0.25) is 5.88 Å². The number of pyridine rings is 1. The molecule has 0 aliphatic carbocycles. The van der Waals surface area contributed by atoms with E-state index in [-0.39, 0.29) is 47.7 Å². The number of fused-ring (bicyclic) bond motifs is 1. The lowest BCUT2D eigenvalue weighted by Gasteiger charge is -2.38. The maximum atomic E-state index is 17.7. The maximum Gasteiger partial charge on any atom is 0.412 e. The van der Waals surface area contributed by atoms with Gasteiger partial charge < -0.3 is 23.8 Å². The lowest BCUT2D eigenvalue weighted by molar-refractivity contribution is 0.0512. The van der Waals surface area contributed by atoms with E-state index in [0.717, 1.165) is 5.56 Å². The summed E-state index contributed by atoms with van der Waals surface area (Å²) in [6.45, 7) is 21.0. The molecule has 0 spiro atoms. The van der Waals surface area contributed by atoms with Crippen LogP contribution in [-0.4, -0.2) is 68.0 Å². The Kier molecular flexibility index (Phi) is 13.3. The third-order valence-corrected chi connectivity index (χ3v) is 18.0. The Morgan fingerprint density at radius 1 is 0.983 bits per heavy atom. The molecular weight excluding hydrogens is 801 g/mol. The van der Waals surface area contributed by atoms with Gasteiger partial charge in [-0.1, -0.05) is 83.5 Å². The second-order valence-corrected chi connectivity index (χ2v) is 23.3. The molecule has 3 aromatic carbocycles. The van der Waals surface area contributed by atoms with Gasteiger partial charge in [-0.25, -0.2) is 28.5 Å². The fourth-order valence-corrected chi connectivity index (χ4v) is 14.1. The van der Waals surface area contributed by atoms with Crippen molar-refractivity contribution in [2.24, 2.45) is 0 Å². The summed E-state index contributed by atoms with van der Waals surface area (Å²) in [7, 11) is -0.804. The van der Waals surface area contributed by atoms with Gasteiger partial charge in [-0.2, -0.15) is 0 Å². The average Bonchev–Trinajstić information content (AvgIpc) is 3.37. The molecule has 1 amide bonds. The van der Waals surface area contributed by atoms with Gasteiger partial charge in [-0.15, -0.1) is 5.54 Å². The second-order valence-electron chi connectivity index (χ2n) is 17.0. The molecule has 60 heavy (non-hydrogen) atoms. The van der Waals surface area contributed by atoms with Crippen LogP contribution in [0.5, 0.6) is 11.6 Å². The van der Waals surface area contributed by atoms with Crippen molar-refractivity contribution >= 4 is 59.1 Å². The number of anilines is 2. The van der Waals surface area contributed by atoms with E-state index in [0.29, 0.717) is 61.7 Å². The monoisotopic (exact) mass is 855 g/mol. The molecule has 6 rings (SSSR count). The highest BCUT2D eigenvalue weighted by atomic mass is 32.2. The molecule has 1 atom stereocenters. The number of hydrogen-bond acceptors (Lipinski definition) is 10. The highest BCUT2D eigenvalue weighted by Gasteiger charge is 2.42. The molecule has 318 valence electrons. The van der Waals surface area contributed by atoms with Crippen molar-refractivity contribution in [1.82, 2.24) is 15.0 Å². The number of methoxy groups -OCH3 is 1. The first-order chi connectivity index (χ1) is 28.4. The number of nitrogens with zero attached hydrogens (tertiary/aromatic N) is 4. The van der Waals surface area contributed by atoms with Crippen LogP contribution in [0.1, 0.15) is 86.4 Å². The quantitative estimate of drug-likeness (QED) is 0.0453. The van der Waals surface area contributed by atoms with Crippen LogP contribution in [-0.2, 0) is 9.47 Å². The normalized spacial score (nSPS) is 13.7. The molecule has 0 fully saturated rings. The molecule has 3 heterocycles. The van der Waals surface area contributed by atoms with Crippen LogP contribution in [0.2, 0.25) is 16.6 Å². The van der Waals surface area contributed by atoms with E-state index < -0.39 is 31.4 Å². The second kappa shape index (κ2) is 17.9. The van der Waals surface area contributed by atoms with Crippen LogP contribution >= 0.6 is 11.8 Å². The molecule has 0 bridgehead atoms. The molecule has 1 aliphatic rings. The Morgan fingerprint density at radius 2 is 1.68 bits per heavy atom. The number of nitrogens with one attached hydrogen (secondary N) is 1. The summed E-state index contributed by atoms with van der Waals surface area (Å²) in [6.07, 6.45) is 1.24. The Labute approximate surface area is 357 Å². The van der Waals surface area contributed by atoms with Crippen LogP contribution in [0.4, 0.5) is 25.1 Å². The first kappa shape index (κ1) is 44.6. The number of halogens is 2. The number of carbonyl (C=O) groups excluding carboxylic acids is 1. The minimum Gasteiger partial charge on any atom is -0.475 e. The van der Waals surface area contributed by atoms with Gasteiger partial charge in [0.15, 0.2) is 17.8 Å². The van der Waals surface area contributed by atoms with Crippen molar-refractivity contribution in [3.8, 4) is 34.4 Å². The third-order valence-electron chi connectivity index (χ3n) is 11.2. The Morgan fingerprint density at radius 3 is 2.33 bits per heavy atom. The van der Waals surface area contributed by atoms with Gasteiger partial charge >= 0.3 is 6.09 Å². The predicted octanol–water partition coefficient (Wildman–Crippen LogP) is 11.7. The Balaban J connectivity index is 1.59. The maximum absolute atomic E-state index is 17.7. The van der Waals surface area contributed by atoms with Crippen LogP contribution in [0.25, 0.3) is 32.9 Å². The predicted molar refractivity (Wildman–Crippen MR) is 240 cm³/mol. The number of ether oxygens (including phenoxy) is 4. The van der Waals surface area contributed by atoms with Gasteiger partial charge in [0.05, 0.1) is 18.2 Å². The number of aromatic nitrogens is 3. The first-order valence-corrected chi connectivity index (χ1v) is 23.7. The lowest BCUT2D eigenvalue weighted by Crippen LogP contribution is -2.43. The van der Waals surface area contributed by atoms with Crippen molar-refractivity contribution in [1.29, 1.82) is 0 Å². The molecule has 0 saturated carbocycles. The van der Waals surface area contributed by atoms with Crippen molar-refractivity contribution in [2.45, 2.75) is 103 Å². The molecule has 10 nitrogen and oxygen atoms in total. The summed E-state index contributed by atoms with van der Waals surface area (Å²) in [6, 6.07) is 13.5. The van der Waals surface area contributed by atoms with Crippen molar-refractivity contribution in [3.05, 3.63) is 71.3 Å². The zero-order chi connectivity index (χ0) is 43.7. The molecule has 0 radical (unpaired) electrons. The van der Waals surface area contributed by atoms with Gasteiger partial charge in [-0.05, 0) is 85.8 Å². The molecule has 1 N–H and O–H groups in total. The standard InChI is InChI=1S/C46H55F2N5O5SSi/c1-26(2)60(27(3)4,28(5)6)22-19-33-35(47)18-17-30-23-31(57-25-55-11)24-34(37(30)33)40-39(48)41-38-42(52-44(51-41)59-12)53(20-21-56-43(38)50-40)29(7)32-15-13-14-16-36(32)49-45(54)58-46(8,9)10/h13-18,23-24,26-29H,20-21,25H2,1-12H3,(H,49,54). The number of para-hydroxylation sites is 1. The summed E-state index contributed by atoms with van der Waals surface area (Å²) in [5.41, 5.74) is 5.58. The van der Waals surface area contributed by atoms with E-state index in [1.165, 1.54) is 24.9 Å². The van der Waals surface area contributed by atoms with Crippen LogP contribution < -0.4 is 19.7 Å². The van der Waals surface area contributed by atoms with Crippen molar-refractivity contribution < 1.29 is 32.5 Å². The first-order valence-electron chi connectivity index (χ1n) is 20.3. The summed E-state index contributed by atoms with van der Waals surface area (Å²) in [5.74, 6) is 3.00. The molecule has 2 aromatic heterocycles. The zero-order valence-corrected chi connectivity index (χ0v) is 38.4. The Hall–Kier alpha value is -4.97. The topological polar surface area (TPSA) is 108 Å². The zero-order valence-electron chi connectivity index (χ0n) is 36.5. The Bertz CT molecular complexity index is 2460. The molecule has 14 heteroatoms. The van der Waals surface area contributed by atoms with Gasteiger partial charge in [-0.3, -0.25) is 5.32 Å². The number of benzene rings is 3. The number of carbonyl (C=O) groups is 1. The lowest BCUT2D eigenvalue weighted by atomic mass is 9.95. The molecule has 1 unspecified atom stereocenters. The van der Waals surface area contributed by atoms with Crippen LogP contribution in [0.3, 0.4) is 0 Å². The van der Waals surface area contributed by atoms with E-state index in [1.54, 1.807) is 45.0 Å². The summed E-state index contributed by atoms with van der Waals surface area (Å²) in [5, 5.41) is 4.52. The highest BCUT2D eigenvalue weighted by molar-refractivity contribution is 7.98. The van der Waals surface area contributed by atoms with Gasteiger partial charge in [0, 0.05) is 23.7 Å². The molecule has 0 saturated heterocycles. The fraction of sp³-hybridized carbons (Fsp3) is 0.435. The van der Waals surface area contributed by atoms with E-state index in [2.05, 4.69) is 58.3 Å². The number of hydrogen-bond donors (Lipinski definition) is 1. The van der Waals surface area contributed by atoms with E-state index in [4.69, 9.17) is 33.9 Å². The fourth-order valence-electron chi connectivity index (χ4n) is 8.50. The highest BCUT2D eigenvalue weighted by Crippen LogP contribution is 2.45. The smallest absolute Gasteiger partial charge is 0.412 e. The van der Waals surface area contributed by atoms with Crippen molar-refractivity contribution in [2.75, 3.05) is 43.5 Å². The number of amides is 1. The summed E-state index contributed by atoms with van der Waals surface area (Å²) in [4.78, 5) is 29.4. The average molecular weight is 856 g/mol. The minimum absolute atomic E-state index is 0.00476. The largest absolute Gasteiger partial charge is 0.475 e. The van der Waals surface area contributed by atoms with Gasteiger partial charge in [0.25, 0.3) is 0 Å². The van der Waals surface area contributed by atoms with Gasteiger partial charge in [0.1, 0.15) is 54.3 Å². The molecular formula is C46H55F2N5O5SSi. The van der Waals surface area contributed by atoms with E-state index in [9.17, 15) is 4.79 Å². The summed E-state index contributed by atoms with van der Waals surface area (Å²) < 4.78 is 57.0. The minimum atomic E-state index is -2.31. The van der Waals surface area contributed by atoms with Crippen molar-refractivity contribution in [3.63, 3.8) is 0 Å². The van der Waals surface area contributed by atoms with E-state index >= 15 is 8.78 Å². The number of rotatable bonds is 11. The number of thioether (sulfide) groups is 1. The SMILES string of the molecule is COCOc1cc(-c2nc3c4c(nc(SC)nc4c2F)N(C(C)c2ccccc2NC(=O)OC(C)(C)C)CCO3)c2c(C#C[Si](C(C)C)(C(C)C)C(C)C)c(F)ccc2c1.